The molecule has 0 spiro atoms. The predicted molar refractivity (Wildman–Crippen MR) is 77.0 cm³/mol. The molecule has 112 valence electrons. The molecule has 1 aliphatic rings. The lowest BCUT2D eigenvalue weighted by Crippen LogP contribution is -2.53. The second kappa shape index (κ2) is 7.11. The quantitative estimate of drug-likeness (QED) is 0.891. The summed E-state index contributed by atoms with van der Waals surface area (Å²) in [6.07, 6.45) is -2.40. The van der Waals surface area contributed by atoms with E-state index in [4.69, 9.17) is 0 Å². The smallest absolute Gasteiger partial charge is 0.263 e. The molecule has 1 fully saturated rings. The molecule has 0 amide bonds. The van der Waals surface area contributed by atoms with Gasteiger partial charge in [-0.2, -0.15) is 0 Å². The lowest BCUT2D eigenvalue weighted by Gasteiger charge is -2.37. The highest BCUT2D eigenvalue weighted by Crippen LogP contribution is 2.19. The SMILES string of the molecule is CN1CCN(C)C(CNCc2cccc(C(F)F)c2)C1. The molecule has 0 radical (unpaired) electrons. The van der Waals surface area contributed by atoms with E-state index in [0.29, 0.717) is 12.6 Å². The van der Waals surface area contributed by atoms with E-state index in [0.717, 1.165) is 31.7 Å². The molecule has 1 unspecified atom stereocenters. The Bertz CT molecular complexity index is 425. The third kappa shape index (κ3) is 4.23. The van der Waals surface area contributed by atoms with Crippen LogP contribution >= 0.6 is 0 Å². The number of hydrogen-bond acceptors (Lipinski definition) is 3. The second-order valence-corrected chi connectivity index (χ2v) is 5.57. The molecule has 0 bridgehead atoms. The largest absolute Gasteiger partial charge is 0.311 e. The molecule has 5 heteroatoms. The van der Waals surface area contributed by atoms with E-state index in [1.807, 2.05) is 6.07 Å². The van der Waals surface area contributed by atoms with Gasteiger partial charge in [-0.15, -0.1) is 0 Å². The Morgan fingerprint density at radius 3 is 2.85 bits per heavy atom. The summed E-state index contributed by atoms with van der Waals surface area (Å²) >= 11 is 0. The van der Waals surface area contributed by atoms with Gasteiger partial charge in [0.05, 0.1) is 0 Å². The maximum Gasteiger partial charge on any atom is 0.263 e. The van der Waals surface area contributed by atoms with Crippen molar-refractivity contribution in [1.29, 1.82) is 0 Å². The van der Waals surface area contributed by atoms with Crippen LogP contribution in [0.5, 0.6) is 0 Å². The Morgan fingerprint density at radius 2 is 2.10 bits per heavy atom. The van der Waals surface area contributed by atoms with Crippen molar-refractivity contribution in [2.75, 3.05) is 40.3 Å². The number of halogens is 2. The van der Waals surface area contributed by atoms with Crippen molar-refractivity contribution >= 4 is 0 Å². The third-order valence-corrected chi connectivity index (χ3v) is 3.89. The minimum atomic E-state index is -2.40. The summed E-state index contributed by atoms with van der Waals surface area (Å²) in [4.78, 5) is 4.67. The van der Waals surface area contributed by atoms with Crippen LogP contribution in [0.2, 0.25) is 0 Å². The molecular weight excluding hydrogens is 260 g/mol. The number of benzene rings is 1. The zero-order valence-corrected chi connectivity index (χ0v) is 12.1. The zero-order valence-electron chi connectivity index (χ0n) is 12.1. The normalized spacial score (nSPS) is 21.6. The highest BCUT2D eigenvalue weighted by molar-refractivity contribution is 5.24. The molecule has 1 N–H and O–H groups in total. The molecule has 3 nitrogen and oxygen atoms in total. The van der Waals surface area contributed by atoms with Crippen LogP contribution in [0, 0.1) is 0 Å². The first-order valence-electron chi connectivity index (χ1n) is 7.02. The fourth-order valence-electron chi connectivity index (χ4n) is 2.54. The van der Waals surface area contributed by atoms with Crippen LogP contribution in [0.1, 0.15) is 17.6 Å². The van der Waals surface area contributed by atoms with Gasteiger partial charge in [-0.25, -0.2) is 8.78 Å². The molecule has 0 saturated carbocycles. The molecule has 1 heterocycles. The van der Waals surface area contributed by atoms with E-state index < -0.39 is 6.43 Å². The van der Waals surface area contributed by atoms with Gasteiger partial charge in [0.25, 0.3) is 6.43 Å². The molecule has 1 atom stereocenters. The second-order valence-electron chi connectivity index (χ2n) is 5.57. The molecule has 1 aromatic carbocycles. The fourth-order valence-corrected chi connectivity index (χ4v) is 2.54. The van der Waals surface area contributed by atoms with Gasteiger partial charge in [0.15, 0.2) is 0 Å². The molecule has 20 heavy (non-hydrogen) atoms. The van der Waals surface area contributed by atoms with E-state index in [1.165, 1.54) is 6.07 Å². The van der Waals surface area contributed by atoms with Crippen molar-refractivity contribution in [3.63, 3.8) is 0 Å². The van der Waals surface area contributed by atoms with Gasteiger partial charge >= 0.3 is 0 Å². The number of hydrogen-bond donors (Lipinski definition) is 1. The lowest BCUT2D eigenvalue weighted by molar-refractivity contribution is 0.113. The Kier molecular flexibility index (Phi) is 5.46. The Balaban J connectivity index is 1.82. The average Bonchev–Trinajstić information content (AvgIpc) is 2.43. The van der Waals surface area contributed by atoms with Crippen molar-refractivity contribution in [2.24, 2.45) is 0 Å². The minimum absolute atomic E-state index is 0.0961. The van der Waals surface area contributed by atoms with Crippen LogP contribution in [0.15, 0.2) is 24.3 Å². The molecule has 1 aliphatic heterocycles. The van der Waals surface area contributed by atoms with E-state index in [9.17, 15) is 8.78 Å². The van der Waals surface area contributed by atoms with Gasteiger partial charge in [-0.05, 0) is 25.7 Å². The molecule has 2 rings (SSSR count). The average molecular weight is 283 g/mol. The molecule has 1 aromatic rings. The van der Waals surface area contributed by atoms with Crippen molar-refractivity contribution in [3.8, 4) is 0 Å². The first-order valence-corrected chi connectivity index (χ1v) is 7.02. The maximum atomic E-state index is 12.6. The van der Waals surface area contributed by atoms with Crippen LogP contribution in [-0.2, 0) is 6.54 Å². The highest BCUT2D eigenvalue weighted by atomic mass is 19.3. The van der Waals surface area contributed by atoms with Gasteiger partial charge in [-0.3, -0.25) is 4.90 Å². The molecule has 1 saturated heterocycles. The highest BCUT2D eigenvalue weighted by Gasteiger charge is 2.21. The van der Waals surface area contributed by atoms with Crippen LogP contribution < -0.4 is 5.32 Å². The summed E-state index contributed by atoms with van der Waals surface area (Å²) in [6.45, 7) is 4.72. The number of nitrogens with one attached hydrogen (secondary N) is 1. The summed E-state index contributed by atoms with van der Waals surface area (Å²) in [5.74, 6) is 0. The van der Waals surface area contributed by atoms with Gasteiger partial charge in [-0.1, -0.05) is 18.2 Å². The summed E-state index contributed by atoms with van der Waals surface area (Å²) in [5, 5.41) is 3.38. The first-order chi connectivity index (χ1) is 9.56. The van der Waals surface area contributed by atoms with Gasteiger partial charge in [0.2, 0.25) is 0 Å². The van der Waals surface area contributed by atoms with E-state index >= 15 is 0 Å². The van der Waals surface area contributed by atoms with Gasteiger partial charge < -0.3 is 10.2 Å². The first kappa shape index (κ1) is 15.4. The standard InChI is InChI=1S/C15H23F2N3/c1-19-6-7-20(2)14(11-19)10-18-9-12-4-3-5-13(8-12)15(16)17/h3-5,8,14-15,18H,6-7,9-11H2,1-2H3. The number of alkyl halides is 2. The zero-order chi connectivity index (χ0) is 14.5. The van der Waals surface area contributed by atoms with Crippen LogP contribution in [0.3, 0.4) is 0 Å². The molecular formula is C15H23F2N3. The summed E-state index contributed by atoms with van der Waals surface area (Å²) < 4.78 is 25.2. The summed E-state index contributed by atoms with van der Waals surface area (Å²) in [5.41, 5.74) is 1.01. The number of likely N-dealkylation sites (N-methyl/N-ethyl adjacent to an activating group) is 2. The molecule has 0 aromatic heterocycles. The van der Waals surface area contributed by atoms with Gasteiger partial charge in [0.1, 0.15) is 0 Å². The van der Waals surface area contributed by atoms with E-state index in [2.05, 4.69) is 29.2 Å². The van der Waals surface area contributed by atoms with Crippen LogP contribution in [0.25, 0.3) is 0 Å². The van der Waals surface area contributed by atoms with Crippen molar-refractivity contribution in [1.82, 2.24) is 15.1 Å². The molecule has 0 aliphatic carbocycles. The predicted octanol–water partition coefficient (Wildman–Crippen LogP) is 1.96. The van der Waals surface area contributed by atoms with E-state index in [-0.39, 0.29) is 5.56 Å². The van der Waals surface area contributed by atoms with E-state index in [1.54, 1.807) is 12.1 Å². The topological polar surface area (TPSA) is 18.5 Å². The van der Waals surface area contributed by atoms with Crippen molar-refractivity contribution < 1.29 is 8.78 Å². The van der Waals surface area contributed by atoms with Crippen molar-refractivity contribution in [2.45, 2.75) is 19.0 Å². The van der Waals surface area contributed by atoms with Crippen LogP contribution in [-0.4, -0.2) is 56.1 Å². The third-order valence-electron chi connectivity index (χ3n) is 3.89. The summed E-state index contributed by atoms with van der Waals surface area (Å²) in [6, 6.07) is 7.10. The monoisotopic (exact) mass is 283 g/mol. The maximum absolute atomic E-state index is 12.6. The number of rotatable bonds is 5. The van der Waals surface area contributed by atoms with Crippen LogP contribution in [0.4, 0.5) is 8.78 Å². The Labute approximate surface area is 119 Å². The Morgan fingerprint density at radius 1 is 1.30 bits per heavy atom. The fraction of sp³-hybridized carbons (Fsp3) is 0.600. The van der Waals surface area contributed by atoms with Gasteiger partial charge in [0, 0.05) is 44.3 Å². The minimum Gasteiger partial charge on any atom is -0.311 e. The summed E-state index contributed by atoms with van der Waals surface area (Å²) in [7, 11) is 4.27. The number of nitrogens with zero attached hydrogens (tertiary/aromatic N) is 2. The van der Waals surface area contributed by atoms with Crippen molar-refractivity contribution in [3.05, 3.63) is 35.4 Å². The number of piperazine rings is 1. The lowest BCUT2D eigenvalue weighted by atomic mass is 10.1. The Hall–Kier alpha value is -1.04.